The highest BCUT2D eigenvalue weighted by Crippen LogP contribution is 2.26. The molecule has 0 bridgehead atoms. The topological polar surface area (TPSA) is 50.2 Å². The van der Waals surface area contributed by atoms with Gasteiger partial charge in [0.2, 0.25) is 0 Å². The Kier molecular flexibility index (Phi) is 5.00. The number of nitrogens with one attached hydrogen (secondary N) is 1. The Morgan fingerprint density at radius 3 is 2.46 bits per heavy atom. The van der Waals surface area contributed by atoms with Gasteiger partial charge in [0.05, 0.1) is 5.69 Å². The monoisotopic (exact) mass is 326 g/mol. The first-order chi connectivity index (χ1) is 11.6. The molecule has 0 radical (unpaired) electrons. The van der Waals surface area contributed by atoms with Gasteiger partial charge in [0.1, 0.15) is 5.69 Å². The summed E-state index contributed by atoms with van der Waals surface area (Å²) in [6, 6.07) is 10.1. The van der Waals surface area contributed by atoms with Crippen LogP contribution in [0.2, 0.25) is 0 Å². The second kappa shape index (κ2) is 7.18. The van der Waals surface area contributed by atoms with E-state index in [1.54, 1.807) is 4.68 Å². The van der Waals surface area contributed by atoms with E-state index in [1.807, 2.05) is 25.1 Å². The third kappa shape index (κ3) is 3.36. The summed E-state index contributed by atoms with van der Waals surface area (Å²) in [6.07, 6.45) is 0. The fourth-order valence-corrected chi connectivity index (χ4v) is 3.24. The van der Waals surface area contributed by atoms with Gasteiger partial charge in [0.15, 0.2) is 0 Å². The highest BCUT2D eigenvalue weighted by molar-refractivity contribution is 5.69. The van der Waals surface area contributed by atoms with Crippen molar-refractivity contribution in [2.75, 3.05) is 31.1 Å². The van der Waals surface area contributed by atoms with Gasteiger partial charge in [-0.1, -0.05) is 44.2 Å². The lowest BCUT2D eigenvalue weighted by Gasteiger charge is -2.31. The largest absolute Gasteiger partial charge is 0.364 e. The molecule has 2 aromatic rings. The van der Waals surface area contributed by atoms with E-state index in [2.05, 4.69) is 36.2 Å². The van der Waals surface area contributed by atoms with Crippen molar-refractivity contribution in [3.05, 3.63) is 46.2 Å². The van der Waals surface area contributed by atoms with Crippen molar-refractivity contribution in [2.24, 2.45) is 5.92 Å². The fraction of sp³-hybridized carbons (Fsp3) is 0.474. The van der Waals surface area contributed by atoms with Crippen LogP contribution >= 0.6 is 0 Å². The standard InChI is InChI=1S/C19H26N4O/c1-14(2)13-23-19(24)18(22-11-9-20-10-12-22)15(3)17(21-23)16-7-5-4-6-8-16/h4-8,14,20H,9-13H2,1-3H3. The average molecular weight is 326 g/mol. The van der Waals surface area contributed by atoms with Crippen molar-refractivity contribution in [3.63, 3.8) is 0 Å². The number of piperazine rings is 1. The second-order valence-corrected chi connectivity index (χ2v) is 6.81. The van der Waals surface area contributed by atoms with Crippen molar-refractivity contribution in [1.29, 1.82) is 0 Å². The van der Waals surface area contributed by atoms with Crippen LogP contribution < -0.4 is 15.8 Å². The van der Waals surface area contributed by atoms with Crippen LogP contribution in [0.1, 0.15) is 19.4 Å². The van der Waals surface area contributed by atoms with Crippen LogP contribution in [0.15, 0.2) is 35.1 Å². The molecule has 0 spiro atoms. The summed E-state index contributed by atoms with van der Waals surface area (Å²) in [6.45, 7) is 10.4. The maximum absolute atomic E-state index is 13.0. The molecule has 1 aliphatic heterocycles. The van der Waals surface area contributed by atoms with Crippen LogP contribution in [-0.4, -0.2) is 36.0 Å². The highest BCUT2D eigenvalue weighted by Gasteiger charge is 2.22. The number of benzene rings is 1. The number of anilines is 1. The minimum Gasteiger partial charge on any atom is -0.364 e. The summed E-state index contributed by atoms with van der Waals surface area (Å²) in [7, 11) is 0. The summed E-state index contributed by atoms with van der Waals surface area (Å²) >= 11 is 0. The molecule has 1 N–H and O–H groups in total. The summed E-state index contributed by atoms with van der Waals surface area (Å²) in [5, 5.41) is 8.05. The Morgan fingerprint density at radius 1 is 1.17 bits per heavy atom. The molecule has 2 heterocycles. The summed E-state index contributed by atoms with van der Waals surface area (Å²) < 4.78 is 1.65. The normalized spacial score (nSPS) is 15.1. The Morgan fingerprint density at radius 2 is 1.83 bits per heavy atom. The number of nitrogens with zero attached hydrogens (tertiary/aromatic N) is 3. The van der Waals surface area contributed by atoms with E-state index in [0.717, 1.165) is 48.7 Å². The minimum absolute atomic E-state index is 0.0304. The lowest BCUT2D eigenvalue weighted by atomic mass is 10.1. The highest BCUT2D eigenvalue weighted by atomic mass is 16.1. The molecule has 1 aromatic carbocycles. The summed E-state index contributed by atoms with van der Waals surface area (Å²) in [5.41, 5.74) is 3.79. The summed E-state index contributed by atoms with van der Waals surface area (Å²) in [5.74, 6) is 0.373. The maximum atomic E-state index is 13.0. The Bertz CT molecular complexity index is 746. The molecule has 0 aliphatic carbocycles. The van der Waals surface area contributed by atoms with E-state index in [-0.39, 0.29) is 5.56 Å². The molecule has 0 saturated carbocycles. The molecule has 1 aromatic heterocycles. The Balaban J connectivity index is 2.17. The average Bonchev–Trinajstić information content (AvgIpc) is 2.59. The first-order valence-electron chi connectivity index (χ1n) is 8.70. The van der Waals surface area contributed by atoms with Crippen LogP contribution in [0.4, 0.5) is 5.69 Å². The van der Waals surface area contributed by atoms with E-state index < -0.39 is 0 Å². The predicted octanol–water partition coefficient (Wildman–Crippen LogP) is 2.28. The van der Waals surface area contributed by atoms with Gasteiger partial charge in [-0.15, -0.1) is 0 Å². The fourth-order valence-electron chi connectivity index (χ4n) is 3.24. The number of hydrogen-bond acceptors (Lipinski definition) is 4. The van der Waals surface area contributed by atoms with Gasteiger partial charge in [-0.3, -0.25) is 4.79 Å². The van der Waals surface area contributed by atoms with E-state index >= 15 is 0 Å². The van der Waals surface area contributed by atoms with Crippen molar-refractivity contribution in [2.45, 2.75) is 27.3 Å². The summed E-state index contributed by atoms with van der Waals surface area (Å²) in [4.78, 5) is 15.3. The first kappa shape index (κ1) is 16.7. The van der Waals surface area contributed by atoms with E-state index in [9.17, 15) is 4.79 Å². The number of hydrogen-bond donors (Lipinski definition) is 1. The van der Waals surface area contributed by atoms with Gasteiger partial charge in [-0.05, 0) is 12.8 Å². The third-order valence-electron chi connectivity index (χ3n) is 4.39. The van der Waals surface area contributed by atoms with Crippen LogP contribution in [0.5, 0.6) is 0 Å². The molecule has 24 heavy (non-hydrogen) atoms. The first-order valence-corrected chi connectivity index (χ1v) is 8.70. The van der Waals surface area contributed by atoms with Crippen molar-refractivity contribution >= 4 is 5.69 Å². The van der Waals surface area contributed by atoms with Crippen LogP contribution in [0.3, 0.4) is 0 Å². The number of aromatic nitrogens is 2. The Hall–Kier alpha value is -2.14. The molecule has 3 rings (SSSR count). The van der Waals surface area contributed by atoms with Gasteiger partial charge in [0, 0.05) is 43.9 Å². The predicted molar refractivity (Wildman–Crippen MR) is 98.6 cm³/mol. The van der Waals surface area contributed by atoms with Gasteiger partial charge in [-0.25, -0.2) is 4.68 Å². The SMILES string of the molecule is Cc1c(-c2ccccc2)nn(CC(C)C)c(=O)c1N1CCNCC1. The molecule has 5 heteroatoms. The molecule has 1 saturated heterocycles. The zero-order valence-corrected chi connectivity index (χ0v) is 14.7. The van der Waals surface area contributed by atoms with Gasteiger partial charge in [0.25, 0.3) is 5.56 Å². The van der Waals surface area contributed by atoms with E-state index in [4.69, 9.17) is 5.10 Å². The van der Waals surface area contributed by atoms with Gasteiger partial charge >= 0.3 is 0 Å². The van der Waals surface area contributed by atoms with Crippen molar-refractivity contribution in [1.82, 2.24) is 15.1 Å². The molecule has 1 fully saturated rings. The van der Waals surface area contributed by atoms with Gasteiger partial charge in [-0.2, -0.15) is 5.10 Å². The molecular formula is C19H26N4O. The van der Waals surface area contributed by atoms with Crippen LogP contribution in [0, 0.1) is 12.8 Å². The lowest BCUT2D eigenvalue weighted by Crippen LogP contribution is -2.47. The molecule has 0 unspecified atom stereocenters. The van der Waals surface area contributed by atoms with Crippen LogP contribution in [0.25, 0.3) is 11.3 Å². The zero-order valence-electron chi connectivity index (χ0n) is 14.7. The molecule has 1 aliphatic rings. The molecule has 0 amide bonds. The molecule has 128 valence electrons. The minimum atomic E-state index is 0.0304. The molecular weight excluding hydrogens is 300 g/mol. The van der Waals surface area contributed by atoms with Crippen LogP contribution in [-0.2, 0) is 6.54 Å². The van der Waals surface area contributed by atoms with Gasteiger partial charge < -0.3 is 10.2 Å². The van der Waals surface area contributed by atoms with Crippen molar-refractivity contribution < 1.29 is 0 Å². The second-order valence-electron chi connectivity index (χ2n) is 6.81. The van der Waals surface area contributed by atoms with E-state index in [0.29, 0.717) is 12.5 Å². The third-order valence-corrected chi connectivity index (χ3v) is 4.39. The smallest absolute Gasteiger partial charge is 0.290 e. The zero-order chi connectivity index (χ0) is 17.1. The number of rotatable bonds is 4. The van der Waals surface area contributed by atoms with Crippen molar-refractivity contribution in [3.8, 4) is 11.3 Å². The maximum Gasteiger partial charge on any atom is 0.290 e. The molecule has 5 nitrogen and oxygen atoms in total. The quantitative estimate of drug-likeness (QED) is 0.936. The van der Waals surface area contributed by atoms with E-state index in [1.165, 1.54) is 0 Å². The lowest BCUT2D eigenvalue weighted by molar-refractivity contribution is 0.462. The Labute approximate surface area is 143 Å². The molecule has 0 atom stereocenters.